The zero-order chi connectivity index (χ0) is 22.6. The van der Waals surface area contributed by atoms with Crippen molar-refractivity contribution in [3.63, 3.8) is 0 Å². The Morgan fingerprint density at radius 3 is 2.56 bits per heavy atom. The maximum absolute atomic E-state index is 13.2. The lowest BCUT2D eigenvalue weighted by Gasteiger charge is -2.48. The van der Waals surface area contributed by atoms with Gasteiger partial charge in [0.05, 0.1) is 18.1 Å². The van der Waals surface area contributed by atoms with Crippen molar-refractivity contribution < 1.29 is 17.9 Å². The summed E-state index contributed by atoms with van der Waals surface area (Å²) in [5, 5.41) is 3.14. The predicted octanol–water partition coefficient (Wildman–Crippen LogP) is 3.01. The van der Waals surface area contributed by atoms with Crippen LogP contribution in [0.3, 0.4) is 0 Å². The Kier molecular flexibility index (Phi) is 7.54. The van der Waals surface area contributed by atoms with Gasteiger partial charge in [0, 0.05) is 43.3 Å². The number of sulfonamides is 1. The third-order valence-electron chi connectivity index (χ3n) is 7.49. The highest BCUT2D eigenvalue weighted by Gasteiger charge is 2.39. The van der Waals surface area contributed by atoms with Gasteiger partial charge in [-0.3, -0.25) is 9.69 Å². The van der Waals surface area contributed by atoms with E-state index in [2.05, 4.69) is 10.2 Å². The second kappa shape index (κ2) is 10.2. The van der Waals surface area contributed by atoms with Crippen molar-refractivity contribution in [1.29, 1.82) is 0 Å². The molecule has 1 N–H and O–H groups in total. The minimum Gasteiger partial charge on any atom is -0.379 e. The molecule has 2 heterocycles. The molecule has 1 aromatic rings. The van der Waals surface area contributed by atoms with Crippen LogP contribution in [0.15, 0.2) is 29.2 Å². The van der Waals surface area contributed by atoms with Gasteiger partial charge in [-0.05, 0) is 50.8 Å². The normalized spacial score (nSPS) is 25.3. The first-order valence-electron chi connectivity index (χ1n) is 12.2. The number of hydrogen-bond donors (Lipinski definition) is 1. The number of carbonyl (C=O) groups excluding carboxylic acids is 1. The fourth-order valence-corrected chi connectivity index (χ4v) is 7.31. The minimum atomic E-state index is -3.60. The SMILES string of the molecule is C[C@@H]1CCCCN1S(=O)(=O)c1cccc(C(=O)NCC2(N3CCOCC3)CCCCC2)c1. The summed E-state index contributed by atoms with van der Waals surface area (Å²) in [6.45, 7) is 6.38. The third-order valence-corrected chi connectivity index (χ3v) is 9.50. The lowest BCUT2D eigenvalue weighted by molar-refractivity contribution is -0.0361. The molecular formula is C24H37N3O4S. The van der Waals surface area contributed by atoms with Gasteiger partial charge in [-0.2, -0.15) is 4.31 Å². The van der Waals surface area contributed by atoms with Crippen LogP contribution in [0.2, 0.25) is 0 Å². The van der Waals surface area contributed by atoms with Crippen LogP contribution >= 0.6 is 0 Å². The average molecular weight is 464 g/mol. The molecule has 32 heavy (non-hydrogen) atoms. The Labute approximate surface area is 192 Å². The van der Waals surface area contributed by atoms with Gasteiger partial charge in [-0.1, -0.05) is 31.7 Å². The number of carbonyl (C=O) groups is 1. The molecular weight excluding hydrogens is 426 g/mol. The Hall–Kier alpha value is -1.48. The van der Waals surface area contributed by atoms with Gasteiger partial charge in [0.25, 0.3) is 5.91 Å². The number of benzene rings is 1. The van der Waals surface area contributed by atoms with Crippen LogP contribution in [0.1, 0.15) is 68.6 Å². The number of morpholine rings is 1. The topological polar surface area (TPSA) is 79.0 Å². The van der Waals surface area contributed by atoms with Crippen molar-refractivity contribution >= 4 is 15.9 Å². The summed E-state index contributed by atoms with van der Waals surface area (Å²) in [6.07, 6.45) is 8.57. The van der Waals surface area contributed by atoms with Crippen LogP contribution in [0.25, 0.3) is 0 Å². The van der Waals surface area contributed by atoms with E-state index >= 15 is 0 Å². The molecule has 1 saturated carbocycles. The molecule has 8 heteroatoms. The molecule has 4 rings (SSSR count). The van der Waals surface area contributed by atoms with Crippen molar-refractivity contribution in [1.82, 2.24) is 14.5 Å². The van der Waals surface area contributed by atoms with Crippen LogP contribution in [-0.2, 0) is 14.8 Å². The molecule has 1 amide bonds. The molecule has 2 aliphatic heterocycles. The molecule has 1 aliphatic carbocycles. The number of rotatable bonds is 6. The largest absolute Gasteiger partial charge is 0.379 e. The molecule has 0 radical (unpaired) electrons. The van der Waals surface area contributed by atoms with E-state index in [9.17, 15) is 13.2 Å². The molecule has 1 atom stereocenters. The van der Waals surface area contributed by atoms with Gasteiger partial charge in [0.15, 0.2) is 0 Å². The van der Waals surface area contributed by atoms with Crippen LogP contribution in [0, 0.1) is 0 Å². The van der Waals surface area contributed by atoms with Crippen molar-refractivity contribution in [2.45, 2.75) is 74.8 Å². The lowest BCUT2D eigenvalue weighted by Crippen LogP contribution is -2.59. The van der Waals surface area contributed by atoms with E-state index in [1.54, 1.807) is 22.5 Å². The Morgan fingerprint density at radius 1 is 1.09 bits per heavy atom. The van der Waals surface area contributed by atoms with E-state index in [1.165, 1.54) is 25.3 Å². The molecule has 0 bridgehead atoms. The molecule has 0 unspecified atom stereocenters. The van der Waals surface area contributed by atoms with Gasteiger partial charge >= 0.3 is 0 Å². The number of piperidine rings is 1. The van der Waals surface area contributed by atoms with E-state index in [4.69, 9.17) is 4.74 Å². The Morgan fingerprint density at radius 2 is 1.84 bits per heavy atom. The van der Waals surface area contributed by atoms with Crippen LogP contribution < -0.4 is 5.32 Å². The third kappa shape index (κ3) is 5.03. The molecule has 0 spiro atoms. The van der Waals surface area contributed by atoms with Crippen LogP contribution in [0.5, 0.6) is 0 Å². The van der Waals surface area contributed by atoms with Crippen molar-refractivity contribution in [3.05, 3.63) is 29.8 Å². The number of hydrogen-bond acceptors (Lipinski definition) is 5. The first-order chi connectivity index (χ1) is 15.4. The summed E-state index contributed by atoms with van der Waals surface area (Å²) in [4.78, 5) is 15.8. The molecule has 0 aromatic heterocycles. The highest BCUT2D eigenvalue weighted by Crippen LogP contribution is 2.34. The van der Waals surface area contributed by atoms with Crippen molar-refractivity contribution in [2.75, 3.05) is 39.4 Å². The molecule has 3 fully saturated rings. The first-order valence-corrected chi connectivity index (χ1v) is 13.6. The fourth-order valence-electron chi connectivity index (χ4n) is 5.56. The number of amides is 1. The summed E-state index contributed by atoms with van der Waals surface area (Å²) >= 11 is 0. The lowest BCUT2D eigenvalue weighted by atomic mass is 9.79. The summed E-state index contributed by atoms with van der Waals surface area (Å²) < 4.78 is 33.6. The number of nitrogens with zero attached hydrogens (tertiary/aromatic N) is 2. The summed E-state index contributed by atoms with van der Waals surface area (Å²) in [7, 11) is -3.60. The Bertz CT molecular complexity index is 892. The van der Waals surface area contributed by atoms with Gasteiger partial charge < -0.3 is 10.1 Å². The highest BCUT2D eigenvalue weighted by molar-refractivity contribution is 7.89. The standard InChI is InChI=1S/C24H37N3O4S/c1-20-8-3-6-13-27(20)32(29,30)22-10-7-9-21(18-22)23(28)25-19-24(11-4-2-5-12-24)26-14-16-31-17-15-26/h7,9-10,18,20H,2-6,8,11-17,19H2,1H3,(H,25,28)/t20-/m1/s1. The minimum absolute atomic E-state index is 0.00841. The van der Waals surface area contributed by atoms with Gasteiger partial charge in [0.1, 0.15) is 0 Å². The Balaban J connectivity index is 1.47. The van der Waals surface area contributed by atoms with Crippen molar-refractivity contribution in [2.24, 2.45) is 0 Å². The quantitative estimate of drug-likeness (QED) is 0.702. The predicted molar refractivity (Wildman–Crippen MR) is 124 cm³/mol. The smallest absolute Gasteiger partial charge is 0.251 e. The van der Waals surface area contributed by atoms with Gasteiger partial charge in [-0.25, -0.2) is 8.42 Å². The molecule has 178 valence electrons. The molecule has 2 saturated heterocycles. The molecule has 1 aromatic carbocycles. The monoisotopic (exact) mass is 463 g/mol. The van der Waals surface area contributed by atoms with E-state index in [0.29, 0.717) is 18.7 Å². The van der Waals surface area contributed by atoms with Gasteiger partial charge in [-0.15, -0.1) is 0 Å². The number of ether oxygens (including phenoxy) is 1. The van der Waals surface area contributed by atoms with Crippen LogP contribution in [0.4, 0.5) is 0 Å². The van der Waals surface area contributed by atoms with Crippen LogP contribution in [-0.4, -0.2) is 74.5 Å². The van der Waals surface area contributed by atoms with Crippen molar-refractivity contribution in [3.8, 4) is 0 Å². The summed E-state index contributed by atoms with van der Waals surface area (Å²) in [6, 6.07) is 6.51. The second-order valence-corrected chi connectivity index (χ2v) is 11.4. The zero-order valence-corrected chi connectivity index (χ0v) is 20.0. The second-order valence-electron chi connectivity index (χ2n) is 9.56. The maximum Gasteiger partial charge on any atom is 0.251 e. The highest BCUT2D eigenvalue weighted by atomic mass is 32.2. The summed E-state index contributed by atoms with van der Waals surface area (Å²) in [5.41, 5.74) is 0.383. The van der Waals surface area contributed by atoms with E-state index in [-0.39, 0.29) is 22.4 Å². The van der Waals surface area contributed by atoms with E-state index < -0.39 is 10.0 Å². The number of nitrogens with one attached hydrogen (secondary N) is 1. The zero-order valence-electron chi connectivity index (χ0n) is 19.2. The maximum atomic E-state index is 13.2. The fraction of sp³-hybridized carbons (Fsp3) is 0.708. The molecule has 3 aliphatic rings. The average Bonchev–Trinajstić information content (AvgIpc) is 2.84. The van der Waals surface area contributed by atoms with Gasteiger partial charge in [0.2, 0.25) is 10.0 Å². The first kappa shape index (κ1) is 23.7. The molecule has 7 nitrogen and oxygen atoms in total. The van der Waals surface area contributed by atoms with E-state index in [1.807, 2.05) is 6.92 Å². The van der Waals surface area contributed by atoms with E-state index in [0.717, 1.165) is 58.4 Å². The summed E-state index contributed by atoms with van der Waals surface area (Å²) in [5.74, 6) is -0.202.